The highest BCUT2D eigenvalue weighted by Crippen LogP contribution is 2.59. The number of para-hydroxylation sites is 1. The van der Waals surface area contributed by atoms with Gasteiger partial charge in [-0.3, -0.25) is 14.4 Å². The van der Waals surface area contributed by atoms with Crippen molar-refractivity contribution in [2.45, 2.75) is 50.5 Å². The fourth-order valence-electron chi connectivity index (χ4n) is 5.97. The summed E-state index contributed by atoms with van der Waals surface area (Å²) in [4.78, 5) is 44.0. The zero-order chi connectivity index (χ0) is 25.5. The van der Waals surface area contributed by atoms with E-state index >= 15 is 0 Å². The van der Waals surface area contributed by atoms with Gasteiger partial charge in [0.25, 0.3) is 5.91 Å². The Morgan fingerprint density at radius 3 is 2.77 bits per heavy atom. The highest BCUT2D eigenvalue weighted by atomic mass is 35.5. The first-order valence-corrected chi connectivity index (χ1v) is 12.2. The number of hydrogen-bond acceptors (Lipinski definition) is 6. The number of benzene rings is 1. The summed E-state index contributed by atoms with van der Waals surface area (Å²) in [5.41, 5.74) is 0.113. The number of likely N-dealkylation sites (tertiary alicyclic amines) is 1. The van der Waals surface area contributed by atoms with Crippen LogP contribution >= 0.6 is 11.6 Å². The SMILES string of the molecule is C=CCOC(=O)[C@@H]1[C@@H]2CCC3(O2)C(C(=O)N(CC=C)c2c(C)cccc2Cl)N([C@H](C)CO)C(=O)[C@H]13. The van der Waals surface area contributed by atoms with Crippen molar-refractivity contribution < 1.29 is 29.0 Å². The van der Waals surface area contributed by atoms with Gasteiger partial charge in [0, 0.05) is 6.54 Å². The zero-order valence-corrected chi connectivity index (χ0v) is 20.7. The van der Waals surface area contributed by atoms with Gasteiger partial charge in [-0.1, -0.05) is 42.5 Å². The monoisotopic (exact) mass is 502 g/mol. The van der Waals surface area contributed by atoms with Crippen molar-refractivity contribution in [1.82, 2.24) is 4.90 Å². The summed E-state index contributed by atoms with van der Waals surface area (Å²) < 4.78 is 11.7. The van der Waals surface area contributed by atoms with E-state index in [1.54, 1.807) is 25.1 Å². The minimum absolute atomic E-state index is 0.0218. The summed E-state index contributed by atoms with van der Waals surface area (Å²) in [6.07, 6.45) is 3.50. The van der Waals surface area contributed by atoms with Crippen LogP contribution in [0.15, 0.2) is 43.5 Å². The fraction of sp³-hybridized carbons (Fsp3) is 0.500. The molecule has 2 amide bonds. The quantitative estimate of drug-likeness (QED) is 0.412. The van der Waals surface area contributed by atoms with Gasteiger partial charge in [0.1, 0.15) is 18.2 Å². The number of aryl methyl sites for hydroxylation is 1. The Labute approximate surface area is 210 Å². The first-order chi connectivity index (χ1) is 16.7. The van der Waals surface area contributed by atoms with Gasteiger partial charge >= 0.3 is 5.97 Å². The number of hydrogen-bond donors (Lipinski definition) is 1. The third kappa shape index (κ3) is 3.88. The normalized spacial score (nSPS) is 29.6. The van der Waals surface area contributed by atoms with Crippen molar-refractivity contribution in [1.29, 1.82) is 0 Å². The molecule has 1 N–H and O–H groups in total. The summed E-state index contributed by atoms with van der Waals surface area (Å²) in [7, 11) is 0. The molecule has 4 rings (SSSR count). The van der Waals surface area contributed by atoms with Crippen molar-refractivity contribution in [2.75, 3.05) is 24.7 Å². The minimum Gasteiger partial charge on any atom is -0.461 e. The number of ether oxygens (including phenoxy) is 2. The van der Waals surface area contributed by atoms with Crippen LogP contribution in [0.5, 0.6) is 0 Å². The Morgan fingerprint density at radius 2 is 2.14 bits per heavy atom. The minimum atomic E-state index is -1.20. The average Bonchev–Trinajstić information content (AvgIpc) is 3.48. The standard InChI is InChI=1S/C26H31ClN2O6/c1-5-12-28(21-15(3)8-7-9-17(21)27)24(32)22-26-11-10-18(35-26)19(25(33)34-13-6-2)20(26)23(31)29(22)16(4)14-30/h5-9,16,18-20,22,30H,1-2,10-14H2,3-4H3/t16-,18+,19-,20+,22?,26?/m1/s1. The highest BCUT2D eigenvalue weighted by molar-refractivity contribution is 6.34. The Balaban J connectivity index is 1.81. The van der Waals surface area contributed by atoms with E-state index < -0.39 is 47.5 Å². The van der Waals surface area contributed by atoms with Crippen LogP contribution in [0, 0.1) is 18.8 Å². The lowest BCUT2D eigenvalue weighted by Gasteiger charge is -2.39. The molecule has 0 aliphatic carbocycles. The number of fused-ring (bicyclic) bond motifs is 1. The summed E-state index contributed by atoms with van der Waals surface area (Å²) >= 11 is 6.52. The lowest BCUT2D eigenvalue weighted by molar-refractivity contribution is -0.154. The smallest absolute Gasteiger partial charge is 0.312 e. The molecule has 8 nitrogen and oxygen atoms in total. The molecule has 0 aromatic heterocycles. The first kappa shape index (κ1) is 25.4. The van der Waals surface area contributed by atoms with Crippen molar-refractivity contribution in [3.05, 3.63) is 54.1 Å². The number of nitrogens with zero attached hydrogens (tertiary/aromatic N) is 2. The highest BCUT2D eigenvalue weighted by Gasteiger charge is 2.75. The van der Waals surface area contributed by atoms with Crippen molar-refractivity contribution in [3.63, 3.8) is 0 Å². The summed E-state index contributed by atoms with van der Waals surface area (Å²) in [6, 6.07) is 3.64. The molecule has 3 aliphatic heterocycles. The van der Waals surface area contributed by atoms with Crippen LogP contribution in [0.3, 0.4) is 0 Å². The summed E-state index contributed by atoms with van der Waals surface area (Å²) in [5, 5.41) is 10.4. The second-order valence-electron chi connectivity index (χ2n) is 9.39. The molecule has 3 fully saturated rings. The second kappa shape index (κ2) is 9.76. The van der Waals surface area contributed by atoms with E-state index in [4.69, 9.17) is 21.1 Å². The predicted molar refractivity (Wildman–Crippen MR) is 131 cm³/mol. The second-order valence-corrected chi connectivity index (χ2v) is 9.80. The maximum absolute atomic E-state index is 14.3. The molecule has 0 radical (unpaired) electrons. The third-order valence-electron chi connectivity index (χ3n) is 7.36. The zero-order valence-electron chi connectivity index (χ0n) is 20.0. The van der Waals surface area contributed by atoms with E-state index in [-0.39, 0.29) is 25.7 Å². The molecule has 188 valence electrons. The number of anilines is 1. The molecule has 3 heterocycles. The largest absolute Gasteiger partial charge is 0.461 e. The molecule has 2 bridgehead atoms. The van der Waals surface area contributed by atoms with E-state index in [9.17, 15) is 19.5 Å². The molecular formula is C26H31ClN2O6. The van der Waals surface area contributed by atoms with Crippen molar-refractivity contribution in [2.24, 2.45) is 11.8 Å². The Kier molecular flexibility index (Phi) is 7.09. The van der Waals surface area contributed by atoms with Crippen molar-refractivity contribution >= 4 is 35.1 Å². The third-order valence-corrected chi connectivity index (χ3v) is 7.67. The summed E-state index contributed by atoms with van der Waals surface area (Å²) in [6.45, 7) is 10.7. The molecule has 3 saturated heterocycles. The average molecular weight is 503 g/mol. The van der Waals surface area contributed by atoms with E-state index in [2.05, 4.69) is 13.2 Å². The lowest BCUT2D eigenvalue weighted by atomic mass is 9.70. The van der Waals surface area contributed by atoms with Gasteiger partial charge in [-0.2, -0.15) is 0 Å². The van der Waals surface area contributed by atoms with Crippen LogP contribution in [0.4, 0.5) is 5.69 Å². The lowest BCUT2D eigenvalue weighted by Crippen LogP contribution is -2.58. The maximum atomic E-state index is 14.3. The van der Waals surface area contributed by atoms with Crippen LogP contribution in [0.1, 0.15) is 25.3 Å². The number of rotatable bonds is 9. The van der Waals surface area contributed by atoms with Gasteiger partial charge in [0.2, 0.25) is 5.91 Å². The number of esters is 1. The molecule has 9 heteroatoms. The number of aliphatic hydroxyl groups excluding tert-OH is 1. The molecule has 35 heavy (non-hydrogen) atoms. The molecule has 1 spiro atoms. The maximum Gasteiger partial charge on any atom is 0.312 e. The Bertz CT molecular complexity index is 1040. The van der Waals surface area contributed by atoms with Gasteiger partial charge in [0.15, 0.2) is 0 Å². The number of carbonyl (C=O) groups is 3. The Hall–Kier alpha value is -2.68. The van der Waals surface area contributed by atoms with E-state index in [0.717, 1.165) is 5.56 Å². The van der Waals surface area contributed by atoms with Crippen molar-refractivity contribution in [3.8, 4) is 0 Å². The van der Waals surface area contributed by atoms with Gasteiger partial charge < -0.3 is 24.4 Å². The van der Waals surface area contributed by atoms with Crippen LogP contribution in [-0.2, 0) is 23.9 Å². The van der Waals surface area contributed by atoms with E-state index in [1.807, 2.05) is 13.0 Å². The first-order valence-electron chi connectivity index (χ1n) is 11.8. The van der Waals surface area contributed by atoms with Gasteiger partial charge in [0.05, 0.1) is 41.3 Å². The van der Waals surface area contributed by atoms with Crippen LogP contribution in [0.25, 0.3) is 0 Å². The van der Waals surface area contributed by atoms with E-state index in [1.165, 1.54) is 15.9 Å². The van der Waals surface area contributed by atoms with Gasteiger partial charge in [-0.25, -0.2) is 0 Å². The van der Waals surface area contributed by atoms with Crippen LogP contribution in [0.2, 0.25) is 5.02 Å². The Morgan fingerprint density at radius 1 is 1.40 bits per heavy atom. The van der Waals surface area contributed by atoms with E-state index in [0.29, 0.717) is 23.6 Å². The van der Waals surface area contributed by atoms with Crippen LogP contribution < -0.4 is 4.90 Å². The van der Waals surface area contributed by atoms with Crippen LogP contribution in [-0.4, -0.2) is 71.3 Å². The van der Waals surface area contributed by atoms with Gasteiger partial charge in [-0.15, -0.1) is 6.58 Å². The summed E-state index contributed by atoms with van der Waals surface area (Å²) in [5.74, 6) is -3.01. The molecule has 0 saturated carbocycles. The molecule has 6 atom stereocenters. The van der Waals surface area contributed by atoms with Gasteiger partial charge in [-0.05, 0) is 38.3 Å². The molecule has 1 aromatic rings. The fourth-order valence-corrected chi connectivity index (χ4v) is 6.29. The molecular weight excluding hydrogens is 472 g/mol. The molecule has 3 aliphatic rings. The topological polar surface area (TPSA) is 96.4 Å². The number of carbonyl (C=O) groups excluding carboxylic acids is 3. The molecule has 2 unspecified atom stereocenters. The number of aliphatic hydroxyl groups is 1. The number of halogens is 1. The number of amides is 2. The molecule has 1 aromatic carbocycles. The predicted octanol–water partition coefficient (Wildman–Crippen LogP) is 2.65.